The van der Waals surface area contributed by atoms with Gasteiger partial charge in [0, 0.05) is 11.5 Å². The van der Waals surface area contributed by atoms with Gasteiger partial charge in [-0.3, -0.25) is 4.57 Å². The Bertz CT molecular complexity index is 1260. The van der Waals surface area contributed by atoms with Crippen molar-refractivity contribution in [2.24, 2.45) is 5.92 Å². The van der Waals surface area contributed by atoms with Gasteiger partial charge in [0.15, 0.2) is 11.5 Å². The number of imidazole rings is 1. The molecule has 2 fully saturated rings. The Hall–Kier alpha value is -2.63. The number of nitrogens with zero attached hydrogens (tertiary/aromatic N) is 4. The predicted octanol–water partition coefficient (Wildman–Crippen LogP) is 2.71. The highest BCUT2D eigenvalue weighted by atomic mass is 31.2. The van der Waals surface area contributed by atoms with Crippen LogP contribution >= 0.6 is 7.60 Å². The largest absolute Gasteiger partial charge is 0.455 e. The van der Waals surface area contributed by atoms with E-state index in [1.165, 1.54) is 18.2 Å². The standard InChI is InChI=1S/C15H20O3.C9H14N5O4P/c1-9-5-4-8-15(3)13(18-15)12-11(7-6-9)10(2)14(16)17-12;1-6(18-5-19(15,16)17)2-14-4-13-7-8(10)11-3-12-9(7)14/h5,11-13H,2,4,6-8H2,1,3H3;3-4,6H,2,5H2,1H3,(H2,10,11,12)(H2,15,16,17)/b9-5+;/t11-,12-,13-,15+;6-/m01/s1. The van der Waals surface area contributed by atoms with Gasteiger partial charge in [-0.15, -0.1) is 0 Å². The van der Waals surface area contributed by atoms with Crippen molar-refractivity contribution in [2.45, 2.75) is 76.9 Å². The van der Waals surface area contributed by atoms with Crippen molar-refractivity contribution in [3.05, 3.63) is 36.5 Å². The van der Waals surface area contributed by atoms with Gasteiger partial charge in [-0.1, -0.05) is 18.2 Å². The van der Waals surface area contributed by atoms with E-state index in [0.29, 0.717) is 23.3 Å². The minimum Gasteiger partial charge on any atom is -0.455 e. The van der Waals surface area contributed by atoms with Crippen LogP contribution in [-0.4, -0.2) is 65.5 Å². The van der Waals surface area contributed by atoms with Crippen LogP contribution in [0.4, 0.5) is 5.82 Å². The number of hydrogen-bond donors (Lipinski definition) is 3. The molecule has 0 bridgehead atoms. The molecule has 2 saturated heterocycles. The van der Waals surface area contributed by atoms with E-state index in [1.54, 1.807) is 11.5 Å². The summed E-state index contributed by atoms with van der Waals surface area (Å²) in [5, 5.41) is 0. The van der Waals surface area contributed by atoms with Crippen molar-refractivity contribution < 1.29 is 33.4 Å². The van der Waals surface area contributed by atoms with Gasteiger partial charge < -0.3 is 34.3 Å². The Labute approximate surface area is 215 Å². The summed E-state index contributed by atoms with van der Waals surface area (Å²) >= 11 is 0. The maximum atomic E-state index is 11.7. The van der Waals surface area contributed by atoms with Crippen molar-refractivity contribution in [3.63, 3.8) is 0 Å². The summed E-state index contributed by atoms with van der Waals surface area (Å²) in [4.78, 5) is 41.1. The summed E-state index contributed by atoms with van der Waals surface area (Å²) in [6.07, 6.45) is 8.10. The fourth-order valence-electron chi connectivity index (χ4n) is 4.79. The number of allylic oxidation sites excluding steroid dienone is 2. The van der Waals surface area contributed by atoms with Crippen molar-refractivity contribution in [1.82, 2.24) is 19.5 Å². The number of ether oxygens (including phenoxy) is 3. The Morgan fingerprint density at radius 2 is 2.14 bits per heavy atom. The van der Waals surface area contributed by atoms with Crippen molar-refractivity contribution >= 4 is 30.5 Å². The molecule has 0 amide bonds. The maximum Gasteiger partial charge on any atom is 0.350 e. The Morgan fingerprint density at radius 3 is 2.86 bits per heavy atom. The first-order valence-electron chi connectivity index (χ1n) is 12.2. The van der Waals surface area contributed by atoms with Crippen LogP contribution in [0.5, 0.6) is 0 Å². The van der Waals surface area contributed by atoms with Gasteiger partial charge in [0.25, 0.3) is 0 Å². The number of hydrogen-bond acceptors (Lipinski definition) is 9. The topological polar surface area (TPSA) is 175 Å². The van der Waals surface area contributed by atoms with Crippen molar-refractivity contribution in [2.75, 3.05) is 12.1 Å². The zero-order valence-corrected chi connectivity index (χ0v) is 22.1. The third-order valence-electron chi connectivity index (χ3n) is 6.98. The lowest BCUT2D eigenvalue weighted by molar-refractivity contribution is -0.140. The normalized spacial score (nSPS) is 29.8. The van der Waals surface area contributed by atoms with Crippen LogP contribution < -0.4 is 5.73 Å². The Kier molecular flexibility index (Phi) is 7.87. The minimum absolute atomic E-state index is 0.0671. The fourth-order valence-corrected chi connectivity index (χ4v) is 5.24. The third kappa shape index (κ3) is 6.45. The van der Waals surface area contributed by atoms with Crippen molar-refractivity contribution in [3.8, 4) is 0 Å². The molecule has 5 rings (SSSR count). The molecule has 2 aromatic heterocycles. The molecule has 0 saturated carbocycles. The molecule has 3 aliphatic rings. The molecule has 2 aromatic rings. The van der Waals surface area contributed by atoms with Crippen molar-refractivity contribution in [1.29, 1.82) is 0 Å². The van der Waals surface area contributed by atoms with E-state index in [2.05, 4.69) is 41.5 Å². The number of anilines is 1. The van der Waals surface area contributed by atoms with E-state index in [1.807, 2.05) is 0 Å². The SMILES string of the molecule is C=C1C(=O)O[C@H]2[C@H]1CC/C(C)=C/CC[C@@]1(C)O[C@@H]21.C[C@H](Cn1cnc2c(N)ncnc21)OCP(=O)(O)O. The van der Waals surface area contributed by atoms with E-state index in [4.69, 9.17) is 29.7 Å². The molecule has 0 radical (unpaired) electrons. The number of nitrogens with two attached hydrogens (primary N) is 1. The molecule has 12 nitrogen and oxygen atoms in total. The Balaban J connectivity index is 0.000000173. The van der Waals surface area contributed by atoms with Gasteiger partial charge in [0.2, 0.25) is 0 Å². The maximum absolute atomic E-state index is 11.7. The van der Waals surface area contributed by atoms with E-state index >= 15 is 0 Å². The third-order valence-corrected chi connectivity index (χ3v) is 7.47. The van der Waals surface area contributed by atoms with Crippen LogP contribution in [0.2, 0.25) is 0 Å². The zero-order chi connectivity index (χ0) is 27.0. The van der Waals surface area contributed by atoms with Gasteiger partial charge in [-0.25, -0.2) is 19.7 Å². The van der Waals surface area contributed by atoms with E-state index < -0.39 is 20.0 Å². The average Bonchev–Trinajstić information content (AvgIpc) is 3.17. The second-order valence-electron chi connectivity index (χ2n) is 10.1. The van der Waals surface area contributed by atoms with E-state index in [0.717, 1.165) is 25.7 Å². The lowest BCUT2D eigenvalue weighted by Crippen LogP contribution is -2.28. The molecule has 0 unspecified atom stereocenters. The quantitative estimate of drug-likeness (QED) is 0.169. The average molecular weight is 536 g/mol. The Morgan fingerprint density at radius 1 is 1.38 bits per heavy atom. The molecule has 13 heteroatoms. The van der Waals surface area contributed by atoms with Crippen LogP contribution in [0.15, 0.2) is 36.5 Å². The predicted molar refractivity (Wildman–Crippen MR) is 135 cm³/mol. The molecular weight excluding hydrogens is 501 g/mol. The number of esters is 1. The van der Waals surface area contributed by atoms with Crippen LogP contribution in [0, 0.1) is 5.92 Å². The lowest BCUT2D eigenvalue weighted by Gasteiger charge is -2.19. The number of fused-ring (bicyclic) bond motifs is 4. The first-order valence-corrected chi connectivity index (χ1v) is 14.0. The molecule has 202 valence electrons. The van der Waals surface area contributed by atoms with Gasteiger partial charge in [-0.05, 0) is 46.5 Å². The number of carbonyl (C=O) groups excluding carboxylic acids is 1. The summed E-state index contributed by atoms with van der Waals surface area (Å²) in [6.45, 7) is 10.2. The zero-order valence-electron chi connectivity index (χ0n) is 21.2. The monoisotopic (exact) mass is 535 g/mol. The second-order valence-corrected chi connectivity index (χ2v) is 11.7. The van der Waals surface area contributed by atoms with Crippen LogP contribution in [-0.2, 0) is 30.1 Å². The first-order chi connectivity index (χ1) is 17.4. The van der Waals surface area contributed by atoms with E-state index in [9.17, 15) is 9.36 Å². The smallest absolute Gasteiger partial charge is 0.350 e. The molecule has 4 heterocycles. The van der Waals surface area contributed by atoms with Gasteiger partial charge in [0.05, 0.1) is 24.6 Å². The highest BCUT2D eigenvalue weighted by Crippen LogP contribution is 2.49. The lowest BCUT2D eigenvalue weighted by atomic mass is 9.84. The number of carbonyl (C=O) groups is 1. The molecule has 37 heavy (non-hydrogen) atoms. The highest BCUT2D eigenvalue weighted by molar-refractivity contribution is 7.51. The number of epoxide rings is 1. The summed E-state index contributed by atoms with van der Waals surface area (Å²) < 4.78 is 28.8. The highest BCUT2D eigenvalue weighted by Gasteiger charge is 2.61. The molecular formula is C24H34N5O7P. The number of nitrogen functional groups attached to an aromatic ring is 1. The summed E-state index contributed by atoms with van der Waals surface area (Å²) in [6, 6.07) is 0. The number of rotatable bonds is 5. The summed E-state index contributed by atoms with van der Waals surface area (Å²) in [5.74, 6) is 0.182. The molecule has 0 spiro atoms. The van der Waals surface area contributed by atoms with Gasteiger partial charge in [0.1, 0.15) is 30.4 Å². The van der Waals surface area contributed by atoms with Crippen LogP contribution in [0.25, 0.3) is 11.2 Å². The van der Waals surface area contributed by atoms with Crippen LogP contribution in [0.3, 0.4) is 0 Å². The number of aromatic nitrogens is 4. The van der Waals surface area contributed by atoms with Gasteiger partial charge in [-0.2, -0.15) is 0 Å². The molecule has 4 N–H and O–H groups in total. The van der Waals surface area contributed by atoms with Crippen LogP contribution in [0.1, 0.15) is 46.5 Å². The summed E-state index contributed by atoms with van der Waals surface area (Å²) in [7, 11) is -4.16. The second kappa shape index (κ2) is 10.6. The first kappa shape index (κ1) is 27.4. The minimum atomic E-state index is -4.16. The molecule has 2 aliphatic heterocycles. The molecule has 1 aliphatic carbocycles. The molecule has 5 atom stereocenters. The van der Waals surface area contributed by atoms with E-state index in [-0.39, 0.29) is 35.5 Å². The molecule has 0 aromatic carbocycles. The van der Waals surface area contributed by atoms with Gasteiger partial charge >= 0.3 is 13.6 Å². The summed E-state index contributed by atoms with van der Waals surface area (Å²) in [5.41, 5.74) is 8.61. The fraction of sp³-hybridized carbons (Fsp3) is 0.583.